The molecule has 1 aromatic carbocycles. The minimum absolute atomic E-state index is 0.0453. The SMILES string of the molecule is NNC(Cc1ccccc1Cl)c1cncnc1. The summed E-state index contributed by atoms with van der Waals surface area (Å²) in [4.78, 5) is 7.96. The number of nitrogens with two attached hydrogens (primary N) is 1. The summed E-state index contributed by atoms with van der Waals surface area (Å²) >= 11 is 6.11. The fourth-order valence-electron chi connectivity index (χ4n) is 1.65. The van der Waals surface area contributed by atoms with Crippen LogP contribution in [0, 0.1) is 0 Å². The van der Waals surface area contributed by atoms with Crippen LogP contribution in [0.1, 0.15) is 17.2 Å². The molecule has 0 saturated carbocycles. The Labute approximate surface area is 105 Å². The van der Waals surface area contributed by atoms with E-state index in [1.165, 1.54) is 6.33 Å². The first-order valence-corrected chi connectivity index (χ1v) is 5.63. The molecule has 1 heterocycles. The summed E-state index contributed by atoms with van der Waals surface area (Å²) in [5.41, 5.74) is 4.74. The normalized spacial score (nSPS) is 12.4. The largest absolute Gasteiger partial charge is 0.271 e. The van der Waals surface area contributed by atoms with Crippen LogP contribution in [0.4, 0.5) is 0 Å². The molecule has 0 aliphatic heterocycles. The van der Waals surface area contributed by atoms with Crippen LogP contribution in [-0.2, 0) is 6.42 Å². The molecular formula is C12H13ClN4. The molecule has 17 heavy (non-hydrogen) atoms. The van der Waals surface area contributed by atoms with E-state index < -0.39 is 0 Å². The molecular weight excluding hydrogens is 236 g/mol. The van der Waals surface area contributed by atoms with E-state index in [1.54, 1.807) is 12.4 Å². The number of aromatic nitrogens is 2. The molecule has 3 N–H and O–H groups in total. The highest BCUT2D eigenvalue weighted by Gasteiger charge is 2.12. The summed E-state index contributed by atoms with van der Waals surface area (Å²) in [6, 6.07) is 7.66. The molecule has 4 nitrogen and oxygen atoms in total. The van der Waals surface area contributed by atoms with Gasteiger partial charge in [-0.2, -0.15) is 0 Å². The second kappa shape index (κ2) is 5.72. The van der Waals surface area contributed by atoms with E-state index >= 15 is 0 Å². The van der Waals surface area contributed by atoms with Crippen molar-refractivity contribution in [1.29, 1.82) is 0 Å². The van der Waals surface area contributed by atoms with Crippen molar-refractivity contribution in [2.45, 2.75) is 12.5 Å². The minimum Gasteiger partial charge on any atom is -0.271 e. The summed E-state index contributed by atoms with van der Waals surface area (Å²) in [5, 5.41) is 0.740. The molecule has 0 bridgehead atoms. The number of hydrazine groups is 1. The Hall–Kier alpha value is -1.49. The fraction of sp³-hybridized carbons (Fsp3) is 0.167. The van der Waals surface area contributed by atoms with Crippen LogP contribution in [-0.4, -0.2) is 9.97 Å². The summed E-state index contributed by atoms with van der Waals surface area (Å²) in [6.07, 6.45) is 5.68. The van der Waals surface area contributed by atoms with Crippen LogP contribution in [0.25, 0.3) is 0 Å². The molecule has 1 aromatic heterocycles. The Morgan fingerprint density at radius 3 is 2.59 bits per heavy atom. The van der Waals surface area contributed by atoms with Crippen LogP contribution in [0.15, 0.2) is 43.0 Å². The Morgan fingerprint density at radius 2 is 1.94 bits per heavy atom. The van der Waals surface area contributed by atoms with Crippen LogP contribution in [0.2, 0.25) is 5.02 Å². The Morgan fingerprint density at radius 1 is 1.24 bits per heavy atom. The van der Waals surface area contributed by atoms with E-state index in [1.807, 2.05) is 24.3 Å². The van der Waals surface area contributed by atoms with Crippen molar-refractivity contribution in [1.82, 2.24) is 15.4 Å². The maximum absolute atomic E-state index is 6.11. The number of hydrogen-bond acceptors (Lipinski definition) is 4. The maximum Gasteiger partial charge on any atom is 0.115 e. The molecule has 1 unspecified atom stereocenters. The van der Waals surface area contributed by atoms with Crippen molar-refractivity contribution in [3.63, 3.8) is 0 Å². The second-order valence-corrected chi connectivity index (χ2v) is 4.09. The van der Waals surface area contributed by atoms with Crippen LogP contribution in [0.5, 0.6) is 0 Å². The predicted molar refractivity (Wildman–Crippen MR) is 67.3 cm³/mol. The number of nitrogens with zero attached hydrogens (tertiary/aromatic N) is 2. The fourth-order valence-corrected chi connectivity index (χ4v) is 1.86. The van der Waals surface area contributed by atoms with Crippen LogP contribution < -0.4 is 11.3 Å². The van der Waals surface area contributed by atoms with Gasteiger partial charge in [0.15, 0.2) is 0 Å². The highest BCUT2D eigenvalue weighted by molar-refractivity contribution is 6.31. The van der Waals surface area contributed by atoms with Crippen LogP contribution >= 0.6 is 11.6 Å². The molecule has 0 spiro atoms. The quantitative estimate of drug-likeness (QED) is 0.641. The third kappa shape index (κ3) is 3.00. The zero-order valence-electron chi connectivity index (χ0n) is 9.18. The summed E-state index contributed by atoms with van der Waals surface area (Å²) in [7, 11) is 0. The van der Waals surface area contributed by atoms with E-state index in [-0.39, 0.29) is 6.04 Å². The van der Waals surface area contributed by atoms with Crippen molar-refractivity contribution in [3.05, 3.63) is 59.1 Å². The topological polar surface area (TPSA) is 63.8 Å². The van der Waals surface area contributed by atoms with Gasteiger partial charge in [0.05, 0.1) is 6.04 Å². The molecule has 88 valence electrons. The third-order valence-electron chi connectivity index (χ3n) is 2.57. The van der Waals surface area contributed by atoms with Gasteiger partial charge in [-0.15, -0.1) is 0 Å². The van der Waals surface area contributed by atoms with E-state index in [2.05, 4.69) is 15.4 Å². The Bertz CT molecular complexity index is 475. The molecule has 1 atom stereocenters. The number of hydrogen-bond donors (Lipinski definition) is 2. The average molecular weight is 249 g/mol. The lowest BCUT2D eigenvalue weighted by molar-refractivity contribution is 0.548. The molecule has 0 aliphatic rings. The van der Waals surface area contributed by atoms with Gasteiger partial charge in [0.2, 0.25) is 0 Å². The van der Waals surface area contributed by atoms with Gasteiger partial charge in [-0.3, -0.25) is 11.3 Å². The first-order valence-electron chi connectivity index (χ1n) is 5.25. The molecule has 0 aliphatic carbocycles. The van der Waals surface area contributed by atoms with E-state index in [0.29, 0.717) is 6.42 Å². The number of halogens is 1. The number of benzene rings is 1. The molecule has 0 saturated heterocycles. The zero-order valence-corrected chi connectivity index (χ0v) is 9.93. The number of nitrogens with one attached hydrogen (secondary N) is 1. The lowest BCUT2D eigenvalue weighted by atomic mass is 10.0. The zero-order chi connectivity index (χ0) is 12.1. The Kier molecular flexibility index (Phi) is 4.03. The van der Waals surface area contributed by atoms with Gasteiger partial charge in [0, 0.05) is 23.0 Å². The van der Waals surface area contributed by atoms with E-state index in [4.69, 9.17) is 17.4 Å². The second-order valence-electron chi connectivity index (χ2n) is 3.69. The van der Waals surface area contributed by atoms with Gasteiger partial charge >= 0.3 is 0 Å². The maximum atomic E-state index is 6.11. The standard InChI is InChI=1S/C12H13ClN4/c13-11-4-2-1-3-9(11)5-12(17-14)10-6-15-8-16-7-10/h1-4,6-8,12,17H,5,14H2. The first-order chi connectivity index (χ1) is 8.31. The molecule has 0 fully saturated rings. The third-order valence-corrected chi connectivity index (χ3v) is 2.93. The summed E-state index contributed by atoms with van der Waals surface area (Å²) in [5.74, 6) is 5.55. The lowest BCUT2D eigenvalue weighted by Gasteiger charge is -2.16. The molecule has 2 aromatic rings. The summed E-state index contributed by atoms with van der Waals surface area (Å²) < 4.78 is 0. The Balaban J connectivity index is 2.19. The van der Waals surface area contributed by atoms with Gasteiger partial charge in [0.1, 0.15) is 6.33 Å². The van der Waals surface area contributed by atoms with E-state index in [9.17, 15) is 0 Å². The van der Waals surface area contributed by atoms with Gasteiger partial charge in [-0.1, -0.05) is 29.8 Å². The van der Waals surface area contributed by atoms with Gasteiger partial charge in [0.25, 0.3) is 0 Å². The monoisotopic (exact) mass is 248 g/mol. The summed E-state index contributed by atoms with van der Waals surface area (Å²) in [6.45, 7) is 0. The van der Waals surface area contributed by atoms with Gasteiger partial charge < -0.3 is 0 Å². The van der Waals surface area contributed by atoms with Crippen molar-refractivity contribution in [2.24, 2.45) is 5.84 Å². The highest BCUT2D eigenvalue weighted by atomic mass is 35.5. The van der Waals surface area contributed by atoms with Gasteiger partial charge in [-0.05, 0) is 18.1 Å². The average Bonchev–Trinajstić information content (AvgIpc) is 2.39. The smallest absolute Gasteiger partial charge is 0.115 e. The molecule has 5 heteroatoms. The number of rotatable bonds is 4. The van der Waals surface area contributed by atoms with Crippen molar-refractivity contribution in [2.75, 3.05) is 0 Å². The van der Waals surface area contributed by atoms with Crippen LogP contribution in [0.3, 0.4) is 0 Å². The van der Waals surface area contributed by atoms with Crippen molar-refractivity contribution < 1.29 is 0 Å². The van der Waals surface area contributed by atoms with Gasteiger partial charge in [-0.25, -0.2) is 9.97 Å². The lowest BCUT2D eigenvalue weighted by Crippen LogP contribution is -2.29. The minimum atomic E-state index is -0.0453. The molecule has 0 radical (unpaired) electrons. The van der Waals surface area contributed by atoms with Crippen molar-refractivity contribution in [3.8, 4) is 0 Å². The molecule has 2 rings (SSSR count). The van der Waals surface area contributed by atoms with Crippen molar-refractivity contribution >= 4 is 11.6 Å². The predicted octanol–water partition coefficient (Wildman–Crippen LogP) is 1.88. The highest BCUT2D eigenvalue weighted by Crippen LogP contribution is 2.22. The van der Waals surface area contributed by atoms with E-state index in [0.717, 1.165) is 16.1 Å². The first kappa shape index (κ1) is 12.0. The molecule has 0 amide bonds.